The van der Waals surface area contributed by atoms with Crippen LogP contribution in [0.5, 0.6) is 0 Å². The molecule has 1 saturated heterocycles. The molecule has 11 heteroatoms. The molecule has 0 radical (unpaired) electrons. The zero-order chi connectivity index (χ0) is 28.8. The van der Waals surface area contributed by atoms with Crippen molar-refractivity contribution < 1.29 is 18.0 Å². The van der Waals surface area contributed by atoms with Crippen molar-refractivity contribution in [3.63, 3.8) is 0 Å². The lowest BCUT2D eigenvalue weighted by Crippen LogP contribution is -2.42. The molecule has 1 N–H and O–H groups in total. The van der Waals surface area contributed by atoms with Gasteiger partial charge in [0.2, 0.25) is 10.0 Å². The number of nitrogens with one attached hydrogen (secondary N) is 1. The molecule has 214 valence electrons. The Morgan fingerprint density at radius 3 is 2.38 bits per heavy atom. The van der Waals surface area contributed by atoms with Gasteiger partial charge >= 0.3 is 0 Å². The Morgan fingerprint density at radius 2 is 1.77 bits per heavy atom. The molecule has 0 spiro atoms. The number of likely N-dealkylation sites (N-methyl/N-ethyl adjacent to an activating group) is 1. The van der Waals surface area contributed by atoms with Crippen LogP contribution < -0.4 is 5.32 Å². The normalized spacial score (nSPS) is 20.3. The van der Waals surface area contributed by atoms with Crippen LogP contribution >= 0.6 is 11.3 Å². The van der Waals surface area contributed by atoms with Gasteiger partial charge in [0.1, 0.15) is 5.00 Å². The van der Waals surface area contributed by atoms with Crippen LogP contribution in [-0.2, 0) is 23.0 Å². The standard InChI is InChI=1S/C29H37N5O4S2/c1-6-32-12-11-24-25(17-32)39-28(26(24)29(36)34-21(5)14-20(4)31-34)30-27(35)22-7-9-23(10-8-22)40(37,38)33-15-18(2)13-19(3)16-33/h7-10,14,18-19H,6,11-13,15-17H2,1-5H3,(H,30,35). The number of nitrogens with zero attached hydrogens (tertiary/aromatic N) is 4. The van der Waals surface area contributed by atoms with Gasteiger partial charge in [-0.3, -0.25) is 14.5 Å². The molecular formula is C29H37N5O4S2. The summed E-state index contributed by atoms with van der Waals surface area (Å²) >= 11 is 1.43. The van der Waals surface area contributed by atoms with Gasteiger partial charge in [-0.1, -0.05) is 20.8 Å². The molecule has 2 atom stereocenters. The third-order valence-corrected chi connectivity index (χ3v) is 10.8. The number of benzene rings is 1. The topological polar surface area (TPSA) is 105 Å². The monoisotopic (exact) mass is 583 g/mol. The SMILES string of the molecule is CCN1CCc2c(sc(NC(=O)c3ccc(S(=O)(=O)N4CC(C)CC(C)C4)cc3)c2C(=O)n2nc(C)cc2C)C1. The molecule has 2 unspecified atom stereocenters. The van der Waals surface area contributed by atoms with E-state index in [4.69, 9.17) is 0 Å². The second-order valence-corrected chi connectivity index (χ2v) is 14.3. The summed E-state index contributed by atoms with van der Waals surface area (Å²) in [6.45, 7) is 13.4. The number of aryl methyl sites for hydroxylation is 2. The number of carbonyl (C=O) groups excluding carboxylic acids is 2. The van der Waals surface area contributed by atoms with Crippen LogP contribution in [0, 0.1) is 25.7 Å². The van der Waals surface area contributed by atoms with Gasteiger partial charge in [0.25, 0.3) is 11.8 Å². The summed E-state index contributed by atoms with van der Waals surface area (Å²) in [5, 5.41) is 7.86. The quantitative estimate of drug-likeness (QED) is 0.457. The Labute approximate surface area is 240 Å². The number of sulfonamides is 1. The Kier molecular flexibility index (Phi) is 8.02. The Balaban J connectivity index is 1.42. The average Bonchev–Trinajstić information content (AvgIpc) is 3.45. The molecule has 0 bridgehead atoms. The van der Waals surface area contributed by atoms with Crippen molar-refractivity contribution in [3.8, 4) is 0 Å². The first-order chi connectivity index (χ1) is 19.0. The van der Waals surface area contributed by atoms with E-state index in [-0.39, 0.29) is 10.8 Å². The van der Waals surface area contributed by atoms with Crippen LogP contribution in [0.15, 0.2) is 35.2 Å². The van der Waals surface area contributed by atoms with E-state index >= 15 is 0 Å². The van der Waals surface area contributed by atoms with Crippen LogP contribution in [0.2, 0.25) is 0 Å². The third-order valence-electron chi connectivity index (χ3n) is 7.82. The number of anilines is 1. The van der Waals surface area contributed by atoms with Crippen molar-refractivity contribution in [1.29, 1.82) is 0 Å². The highest BCUT2D eigenvalue weighted by Crippen LogP contribution is 2.38. The number of carbonyl (C=O) groups is 2. The molecule has 5 rings (SSSR count). The van der Waals surface area contributed by atoms with Gasteiger partial charge in [0, 0.05) is 42.3 Å². The van der Waals surface area contributed by atoms with Crippen molar-refractivity contribution in [2.45, 2.75) is 58.9 Å². The molecule has 2 aliphatic heterocycles. The summed E-state index contributed by atoms with van der Waals surface area (Å²) in [4.78, 5) is 30.7. The maximum atomic E-state index is 13.7. The summed E-state index contributed by atoms with van der Waals surface area (Å²) < 4.78 is 29.5. The molecule has 2 aliphatic rings. The second kappa shape index (κ2) is 11.2. The van der Waals surface area contributed by atoms with Gasteiger partial charge in [0.15, 0.2) is 0 Å². The predicted molar refractivity (Wildman–Crippen MR) is 157 cm³/mol. The molecule has 3 aromatic rings. The van der Waals surface area contributed by atoms with Crippen molar-refractivity contribution in [3.05, 3.63) is 63.3 Å². The predicted octanol–water partition coefficient (Wildman–Crippen LogP) is 4.55. The number of rotatable bonds is 6. The van der Waals surface area contributed by atoms with Crippen LogP contribution in [-0.4, -0.2) is 65.4 Å². The highest BCUT2D eigenvalue weighted by molar-refractivity contribution is 7.89. The second-order valence-electron chi connectivity index (χ2n) is 11.2. The summed E-state index contributed by atoms with van der Waals surface area (Å²) in [5.74, 6) is -0.0424. The number of aromatic nitrogens is 2. The molecule has 9 nitrogen and oxygen atoms in total. The molecule has 1 aromatic carbocycles. The lowest BCUT2D eigenvalue weighted by atomic mass is 9.94. The number of thiophene rings is 1. The number of amides is 1. The molecular weight excluding hydrogens is 546 g/mol. The van der Waals surface area contributed by atoms with E-state index in [1.54, 1.807) is 4.31 Å². The van der Waals surface area contributed by atoms with Gasteiger partial charge in [-0.25, -0.2) is 13.1 Å². The fourth-order valence-electron chi connectivity index (χ4n) is 5.89. The van der Waals surface area contributed by atoms with E-state index in [9.17, 15) is 18.0 Å². The molecule has 0 saturated carbocycles. The van der Waals surface area contributed by atoms with Gasteiger partial charge in [-0.05, 0) is 81.0 Å². The van der Waals surface area contributed by atoms with Crippen LogP contribution in [0.4, 0.5) is 5.00 Å². The molecule has 1 amide bonds. The van der Waals surface area contributed by atoms with E-state index in [0.29, 0.717) is 41.1 Å². The zero-order valence-corrected chi connectivity index (χ0v) is 25.4. The molecule has 0 aliphatic carbocycles. The Hall–Kier alpha value is -2.86. The van der Waals surface area contributed by atoms with Crippen LogP contribution in [0.3, 0.4) is 0 Å². The minimum atomic E-state index is -3.65. The maximum absolute atomic E-state index is 13.7. The summed E-state index contributed by atoms with van der Waals surface area (Å²) in [6.07, 6.45) is 1.73. The Morgan fingerprint density at radius 1 is 1.10 bits per heavy atom. The highest BCUT2D eigenvalue weighted by atomic mass is 32.2. The van der Waals surface area contributed by atoms with Crippen molar-refractivity contribution in [2.75, 3.05) is 31.5 Å². The summed E-state index contributed by atoms with van der Waals surface area (Å²) in [6, 6.07) is 7.92. The fraction of sp³-hybridized carbons (Fsp3) is 0.483. The van der Waals surface area contributed by atoms with E-state index in [0.717, 1.165) is 54.3 Å². The Bertz CT molecular complexity index is 1530. The van der Waals surface area contributed by atoms with Crippen molar-refractivity contribution in [2.24, 2.45) is 11.8 Å². The first kappa shape index (κ1) is 28.7. The molecule has 4 heterocycles. The fourth-order valence-corrected chi connectivity index (χ4v) is 8.84. The van der Waals surface area contributed by atoms with Crippen LogP contribution in [0.1, 0.15) is 69.7 Å². The smallest absolute Gasteiger partial charge is 0.281 e. The third kappa shape index (κ3) is 5.52. The van der Waals surface area contributed by atoms with Gasteiger partial charge in [-0.2, -0.15) is 9.40 Å². The van der Waals surface area contributed by atoms with E-state index in [1.807, 2.05) is 19.9 Å². The zero-order valence-electron chi connectivity index (χ0n) is 23.7. The van der Waals surface area contributed by atoms with E-state index < -0.39 is 15.9 Å². The van der Waals surface area contributed by atoms with Gasteiger partial charge < -0.3 is 5.32 Å². The number of fused-ring (bicyclic) bond motifs is 1. The average molecular weight is 584 g/mol. The van der Waals surface area contributed by atoms with E-state index in [2.05, 4.69) is 36.1 Å². The molecule has 40 heavy (non-hydrogen) atoms. The van der Waals surface area contributed by atoms with Crippen molar-refractivity contribution >= 4 is 38.2 Å². The first-order valence-corrected chi connectivity index (χ1v) is 16.1. The number of hydrogen-bond acceptors (Lipinski definition) is 7. The summed E-state index contributed by atoms with van der Waals surface area (Å²) in [5.41, 5.74) is 3.27. The maximum Gasteiger partial charge on any atom is 0.281 e. The summed E-state index contributed by atoms with van der Waals surface area (Å²) in [7, 11) is -3.65. The lowest BCUT2D eigenvalue weighted by molar-refractivity contribution is 0.0942. The minimum Gasteiger partial charge on any atom is -0.313 e. The van der Waals surface area contributed by atoms with E-state index in [1.165, 1.54) is 40.3 Å². The number of piperidine rings is 1. The number of hydrogen-bond donors (Lipinski definition) is 1. The molecule has 2 aromatic heterocycles. The van der Waals surface area contributed by atoms with Gasteiger partial charge in [-0.15, -0.1) is 11.3 Å². The first-order valence-electron chi connectivity index (χ1n) is 13.8. The van der Waals surface area contributed by atoms with Crippen molar-refractivity contribution in [1.82, 2.24) is 19.0 Å². The largest absolute Gasteiger partial charge is 0.313 e. The molecule has 1 fully saturated rings. The lowest BCUT2D eigenvalue weighted by Gasteiger charge is -2.34. The van der Waals surface area contributed by atoms with Gasteiger partial charge in [0.05, 0.1) is 16.2 Å². The van der Waals surface area contributed by atoms with Crippen LogP contribution in [0.25, 0.3) is 0 Å². The minimum absolute atomic E-state index is 0.178. The highest BCUT2D eigenvalue weighted by Gasteiger charge is 2.33.